The second kappa shape index (κ2) is 9.29. The van der Waals surface area contributed by atoms with Crippen LogP contribution >= 0.6 is 0 Å². The minimum Gasteiger partial charge on any atom is -0.404 e. The number of pyridine rings is 1. The molecule has 0 saturated heterocycles. The number of carbonyl (C=O) groups is 2. The van der Waals surface area contributed by atoms with Gasteiger partial charge in [-0.2, -0.15) is 10.2 Å². The van der Waals surface area contributed by atoms with Crippen molar-refractivity contribution in [3.8, 4) is 17.8 Å². The van der Waals surface area contributed by atoms with E-state index >= 15 is 0 Å². The summed E-state index contributed by atoms with van der Waals surface area (Å²) in [6, 6.07) is 20.1. The van der Waals surface area contributed by atoms with E-state index in [1.165, 1.54) is 12.1 Å². The molecule has 0 bridgehead atoms. The van der Waals surface area contributed by atoms with Crippen LogP contribution in [0.25, 0.3) is 0 Å². The molecule has 3 aromatic rings. The van der Waals surface area contributed by atoms with Crippen LogP contribution in [0.2, 0.25) is 0 Å². The highest BCUT2D eigenvalue weighted by molar-refractivity contribution is 5.91. The molecule has 0 amide bonds. The summed E-state index contributed by atoms with van der Waals surface area (Å²) in [5.74, 6) is -1.54. The Morgan fingerprint density at radius 2 is 1.55 bits per heavy atom. The Hall–Kier alpha value is -3.98. The molecular weight excluding hydrogens is 368 g/mol. The van der Waals surface area contributed by atoms with Gasteiger partial charge in [0.2, 0.25) is 11.8 Å². The maximum Gasteiger partial charge on any atom is 0.344 e. The average molecular weight is 386 g/mol. The van der Waals surface area contributed by atoms with Crippen molar-refractivity contribution >= 4 is 11.9 Å². The number of hydrogen-bond acceptors (Lipinski definition) is 6. The first-order valence-corrected chi connectivity index (χ1v) is 9.10. The van der Waals surface area contributed by atoms with Crippen LogP contribution in [0.4, 0.5) is 0 Å². The Bertz CT molecular complexity index is 1050. The maximum absolute atomic E-state index is 12.4. The largest absolute Gasteiger partial charge is 0.404 e. The van der Waals surface area contributed by atoms with E-state index in [1.807, 2.05) is 18.2 Å². The number of aryl methyl sites for hydroxylation is 1. The van der Waals surface area contributed by atoms with E-state index < -0.39 is 11.9 Å². The normalized spacial score (nSPS) is 10.1. The molecule has 0 saturated carbocycles. The van der Waals surface area contributed by atoms with Gasteiger partial charge in [-0.05, 0) is 42.3 Å². The SMILES string of the molecule is CCCc1ccc(C(=O)Oc2nc(OC(=O)c3ccccc3)ccc2C#N)cc1. The summed E-state index contributed by atoms with van der Waals surface area (Å²) in [6.07, 6.45) is 1.93. The number of nitriles is 1. The Morgan fingerprint density at radius 3 is 2.21 bits per heavy atom. The Kier molecular flexibility index (Phi) is 6.33. The highest BCUT2D eigenvalue weighted by Crippen LogP contribution is 2.21. The van der Waals surface area contributed by atoms with Gasteiger partial charge >= 0.3 is 11.9 Å². The summed E-state index contributed by atoms with van der Waals surface area (Å²) in [5, 5.41) is 9.26. The minimum atomic E-state index is -0.649. The van der Waals surface area contributed by atoms with Crippen LogP contribution in [0.5, 0.6) is 11.8 Å². The average Bonchev–Trinajstić information content (AvgIpc) is 2.75. The van der Waals surface area contributed by atoms with Gasteiger partial charge in [0.25, 0.3) is 0 Å². The molecule has 144 valence electrons. The van der Waals surface area contributed by atoms with Gasteiger partial charge in [-0.25, -0.2) is 9.59 Å². The summed E-state index contributed by atoms with van der Waals surface area (Å²) in [7, 11) is 0. The zero-order valence-electron chi connectivity index (χ0n) is 15.8. The van der Waals surface area contributed by atoms with E-state index in [-0.39, 0.29) is 17.3 Å². The second-order valence-corrected chi connectivity index (χ2v) is 6.21. The first-order chi connectivity index (χ1) is 14.1. The molecule has 0 fully saturated rings. The molecule has 0 atom stereocenters. The van der Waals surface area contributed by atoms with Gasteiger partial charge < -0.3 is 9.47 Å². The van der Waals surface area contributed by atoms with E-state index in [2.05, 4.69) is 11.9 Å². The maximum atomic E-state index is 12.4. The number of nitrogens with zero attached hydrogens (tertiary/aromatic N) is 2. The van der Waals surface area contributed by atoms with Gasteiger partial charge in [0, 0.05) is 6.07 Å². The third kappa shape index (κ3) is 5.05. The summed E-state index contributed by atoms with van der Waals surface area (Å²) >= 11 is 0. The molecule has 0 unspecified atom stereocenters. The van der Waals surface area contributed by atoms with Gasteiger partial charge in [-0.1, -0.05) is 43.7 Å². The fourth-order valence-electron chi connectivity index (χ4n) is 2.61. The summed E-state index contributed by atoms with van der Waals surface area (Å²) < 4.78 is 10.5. The van der Waals surface area contributed by atoms with Crippen LogP contribution in [-0.4, -0.2) is 16.9 Å². The van der Waals surface area contributed by atoms with E-state index in [4.69, 9.17) is 9.47 Å². The molecule has 2 aromatic carbocycles. The van der Waals surface area contributed by atoms with Crippen LogP contribution in [0, 0.1) is 11.3 Å². The van der Waals surface area contributed by atoms with Crippen molar-refractivity contribution in [3.63, 3.8) is 0 Å². The lowest BCUT2D eigenvalue weighted by molar-refractivity contribution is 0.0717. The predicted octanol–water partition coefficient (Wildman–Crippen LogP) is 4.34. The number of esters is 2. The zero-order valence-corrected chi connectivity index (χ0v) is 15.8. The molecule has 0 radical (unpaired) electrons. The molecule has 0 aliphatic rings. The lowest BCUT2D eigenvalue weighted by Crippen LogP contribution is -2.13. The minimum absolute atomic E-state index is 0.0560. The molecule has 0 spiro atoms. The molecule has 0 aliphatic heterocycles. The number of rotatable bonds is 6. The van der Waals surface area contributed by atoms with Crippen molar-refractivity contribution in [2.75, 3.05) is 0 Å². The van der Waals surface area contributed by atoms with Crippen molar-refractivity contribution in [3.05, 3.63) is 89.0 Å². The van der Waals surface area contributed by atoms with Crippen molar-refractivity contribution < 1.29 is 19.1 Å². The Balaban J connectivity index is 1.77. The van der Waals surface area contributed by atoms with Crippen LogP contribution < -0.4 is 9.47 Å². The van der Waals surface area contributed by atoms with E-state index in [0.717, 1.165) is 18.4 Å². The Labute approximate surface area is 168 Å². The van der Waals surface area contributed by atoms with Gasteiger partial charge in [0.15, 0.2) is 0 Å². The van der Waals surface area contributed by atoms with E-state index in [1.54, 1.807) is 42.5 Å². The van der Waals surface area contributed by atoms with Crippen molar-refractivity contribution in [2.45, 2.75) is 19.8 Å². The molecule has 6 nitrogen and oxygen atoms in total. The van der Waals surface area contributed by atoms with Gasteiger partial charge in [-0.3, -0.25) is 0 Å². The van der Waals surface area contributed by atoms with Crippen molar-refractivity contribution in [1.82, 2.24) is 4.98 Å². The standard InChI is InChI=1S/C23H18N2O4/c1-2-6-16-9-11-18(12-10-16)23(27)29-21-19(15-24)13-14-20(25-21)28-22(26)17-7-4-3-5-8-17/h3-5,7-14H,2,6H2,1H3. The summed E-state index contributed by atoms with van der Waals surface area (Å²) in [4.78, 5) is 28.6. The highest BCUT2D eigenvalue weighted by atomic mass is 16.6. The van der Waals surface area contributed by atoms with Gasteiger partial charge in [-0.15, -0.1) is 0 Å². The van der Waals surface area contributed by atoms with E-state index in [9.17, 15) is 14.9 Å². The molecule has 1 aromatic heterocycles. The first kappa shape index (κ1) is 19.8. The quantitative estimate of drug-likeness (QED) is 0.585. The summed E-state index contributed by atoms with van der Waals surface area (Å²) in [6.45, 7) is 2.08. The summed E-state index contributed by atoms with van der Waals surface area (Å²) in [5.41, 5.74) is 1.86. The van der Waals surface area contributed by atoms with Crippen LogP contribution in [0.15, 0.2) is 66.7 Å². The van der Waals surface area contributed by atoms with Gasteiger partial charge in [0.1, 0.15) is 11.6 Å². The third-order valence-electron chi connectivity index (χ3n) is 4.08. The van der Waals surface area contributed by atoms with Crippen LogP contribution in [0.1, 0.15) is 45.2 Å². The van der Waals surface area contributed by atoms with Crippen molar-refractivity contribution in [1.29, 1.82) is 5.26 Å². The van der Waals surface area contributed by atoms with E-state index in [0.29, 0.717) is 11.1 Å². The lowest BCUT2D eigenvalue weighted by Gasteiger charge is -2.08. The molecule has 3 rings (SSSR count). The van der Waals surface area contributed by atoms with Crippen LogP contribution in [-0.2, 0) is 6.42 Å². The Morgan fingerprint density at radius 1 is 0.897 bits per heavy atom. The third-order valence-corrected chi connectivity index (χ3v) is 4.08. The zero-order chi connectivity index (χ0) is 20.6. The number of aromatic nitrogens is 1. The number of benzene rings is 2. The molecule has 1 heterocycles. The molecular formula is C23H18N2O4. The monoisotopic (exact) mass is 386 g/mol. The smallest absolute Gasteiger partial charge is 0.344 e. The number of ether oxygens (including phenoxy) is 2. The fourth-order valence-corrected chi connectivity index (χ4v) is 2.61. The first-order valence-electron chi connectivity index (χ1n) is 9.10. The highest BCUT2D eigenvalue weighted by Gasteiger charge is 2.16. The fraction of sp³-hybridized carbons (Fsp3) is 0.130. The van der Waals surface area contributed by atoms with Crippen LogP contribution in [0.3, 0.4) is 0 Å². The number of carbonyl (C=O) groups excluding carboxylic acids is 2. The topological polar surface area (TPSA) is 89.3 Å². The molecule has 0 aliphatic carbocycles. The number of hydrogen-bond donors (Lipinski definition) is 0. The van der Waals surface area contributed by atoms with Gasteiger partial charge in [0.05, 0.1) is 11.1 Å². The lowest BCUT2D eigenvalue weighted by atomic mass is 10.1. The molecule has 29 heavy (non-hydrogen) atoms. The predicted molar refractivity (Wildman–Crippen MR) is 106 cm³/mol. The molecule has 6 heteroatoms. The van der Waals surface area contributed by atoms with Crippen molar-refractivity contribution in [2.24, 2.45) is 0 Å². The molecule has 0 N–H and O–H groups in total. The second-order valence-electron chi connectivity index (χ2n) is 6.21.